The van der Waals surface area contributed by atoms with E-state index in [0.717, 1.165) is 7.11 Å². The molecule has 9 N–H and O–H groups in total. The molecule has 0 aromatic heterocycles. The maximum absolute atomic E-state index is 10.3. The maximum atomic E-state index is 10.3. The van der Waals surface area contributed by atoms with Gasteiger partial charge in [-0.3, -0.25) is 20.0 Å². The first-order valence-corrected chi connectivity index (χ1v) is 16.3. The number of para-hydroxylation sites is 4. The molecule has 0 aliphatic carbocycles. The van der Waals surface area contributed by atoms with Gasteiger partial charge >= 0.3 is 11.9 Å². The number of phenolic OH excluding ortho intramolecular Hbond substituents is 4. The second-order valence-electron chi connectivity index (χ2n) is 10.6. The Morgan fingerprint density at radius 1 is 0.421 bits per heavy atom. The summed E-state index contributed by atoms with van der Waals surface area (Å²) in [5, 5.41) is 62.1. The van der Waals surface area contributed by atoms with Crippen LogP contribution in [-0.4, -0.2) is 111 Å². The zero-order chi connectivity index (χ0) is 39.6. The molecule has 16 heteroatoms. The topological polar surface area (TPSA) is 257 Å². The molecule has 57 heavy (non-hydrogen) atoms. The van der Waals surface area contributed by atoms with Gasteiger partial charge in [-0.15, -0.1) is 0 Å². The van der Waals surface area contributed by atoms with Crippen molar-refractivity contribution in [2.24, 2.45) is 20.0 Å². The van der Waals surface area contributed by atoms with Crippen molar-refractivity contribution in [3.05, 3.63) is 155 Å². The number of carboxylic acids is 2. The minimum Gasteiger partial charge on any atom is -0.507 e. The van der Waals surface area contributed by atoms with Crippen molar-refractivity contribution in [2.45, 2.75) is 0 Å². The number of phenols is 4. The molecule has 0 aliphatic rings. The molecule has 302 valence electrons. The zero-order valence-corrected chi connectivity index (χ0v) is 33.0. The number of aliphatic hydroxyl groups is 1. The number of benzene rings is 5. The summed E-state index contributed by atoms with van der Waals surface area (Å²) in [7, 11) is 1.00. The Balaban J connectivity index is 0. The molecule has 0 bridgehead atoms. The Kier molecular flexibility index (Phi) is 28.9. The van der Waals surface area contributed by atoms with Gasteiger partial charge in [-0.05, 0) is 72.8 Å². The predicted octanol–water partition coefficient (Wildman–Crippen LogP) is 5.13. The predicted molar refractivity (Wildman–Crippen MR) is 214 cm³/mol. The van der Waals surface area contributed by atoms with Crippen LogP contribution in [0.4, 0.5) is 0 Å². The number of nitrogens with zero attached hydrogens (tertiary/aromatic N) is 4. The van der Waals surface area contributed by atoms with E-state index in [2.05, 4.69) is 20.0 Å². The molecule has 0 unspecified atom stereocenters. The molecule has 0 amide bonds. The number of aromatic hydroxyl groups is 4. The Labute approximate surface area is 351 Å². The molecule has 0 aliphatic heterocycles. The molecule has 0 saturated carbocycles. The van der Waals surface area contributed by atoms with Crippen molar-refractivity contribution in [1.82, 2.24) is 0 Å². The number of carbonyl (C=O) groups is 2. The number of rotatable bonds is 12. The van der Waals surface area contributed by atoms with Crippen molar-refractivity contribution in [3.8, 4) is 23.0 Å². The molecule has 2 radical (unpaired) electrons. The number of aliphatic hydroxyl groups excluding tert-OH is 1. The number of hydrogen-bond acceptors (Lipinski definition) is 11. The van der Waals surface area contributed by atoms with Crippen molar-refractivity contribution in [1.29, 1.82) is 0 Å². The largest absolute Gasteiger partial charge is 0.507 e. The van der Waals surface area contributed by atoms with Crippen LogP contribution in [-0.2, 0) is 34.1 Å². The fraction of sp³-hybridized carbons (Fsp3) is 0.122. The van der Waals surface area contributed by atoms with E-state index in [0.29, 0.717) is 48.4 Å². The van der Waals surface area contributed by atoms with Crippen molar-refractivity contribution in [2.75, 3.05) is 33.3 Å². The number of hydrogen-bond donors (Lipinski definition) is 7. The van der Waals surface area contributed by atoms with E-state index in [1.807, 2.05) is 24.3 Å². The number of carboxylic acid groups (broad SMARTS) is 2. The van der Waals surface area contributed by atoms with Crippen LogP contribution in [0.5, 0.6) is 23.0 Å². The van der Waals surface area contributed by atoms with Gasteiger partial charge in [0.15, 0.2) is 0 Å². The van der Waals surface area contributed by atoms with Gasteiger partial charge in [-0.1, -0.05) is 48.5 Å². The van der Waals surface area contributed by atoms with Gasteiger partial charge in [0.2, 0.25) is 0 Å². The summed E-state index contributed by atoms with van der Waals surface area (Å²) in [5.41, 5.74) is 2.93. The molecule has 0 fully saturated rings. The summed E-state index contributed by atoms with van der Waals surface area (Å²) in [5.74, 6) is -1.26. The average Bonchev–Trinajstić information content (AvgIpc) is 3.18. The van der Waals surface area contributed by atoms with Gasteiger partial charge in [-0.25, -0.2) is 9.59 Å². The van der Waals surface area contributed by atoms with E-state index in [4.69, 9.17) is 15.3 Å². The van der Waals surface area contributed by atoms with Crippen LogP contribution in [0.15, 0.2) is 141 Å². The summed E-state index contributed by atoms with van der Waals surface area (Å²) in [6.07, 6.45) is 6.52. The molecule has 0 spiro atoms. The fourth-order valence-corrected chi connectivity index (χ4v) is 4.02. The first-order valence-electron chi connectivity index (χ1n) is 16.3. The molecule has 14 nitrogen and oxygen atoms in total. The molecular weight excluding hydrogens is 818 g/mol. The summed E-state index contributed by atoms with van der Waals surface area (Å²) in [4.78, 5) is 37.4. The van der Waals surface area contributed by atoms with Crippen molar-refractivity contribution >= 4 is 36.8 Å². The van der Waals surface area contributed by atoms with E-state index in [9.17, 15) is 30.0 Å². The van der Waals surface area contributed by atoms with Gasteiger partial charge in [0, 0.05) is 88.4 Å². The number of aliphatic imine (C=N–C) groups is 4. The van der Waals surface area contributed by atoms with Crippen LogP contribution >= 0.6 is 0 Å². The monoisotopic (exact) mass is 862 g/mol. The third-order valence-electron chi connectivity index (χ3n) is 6.76. The summed E-state index contributed by atoms with van der Waals surface area (Å²) in [6.45, 7) is 2.10. The molecule has 5 aromatic rings. The number of aromatic carboxylic acids is 2. The molecule has 5 aromatic carbocycles. The van der Waals surface area contributed by atoms with Crippen molar-refractivity contribution in [3.63, 3.8) is 0 Å². The van der Waals surface area contributed by atoms with Crippen LogP contribution < -0.4 is 0 Å². The fourth-order valence-electron chi connectivity index (χ4n) is 4.02. The van der Waals surface area contributed by atoms with Crippen LogP contribution in [0, 0.1) is 0 Å². The Hall–Kier alpha value is -6.12. The van der Waals surface area contributed by atoms with Gasteiger partial charge in [0.05, 0.1) is 37.3 Å². The second kappa shape index (κ2) is 31.1. The molecule has 0 heterocycles. The van der Waals surface area contributed by atoms with E-state index >= 15 is 0 Å². The van der Waals surface area contributed by atoms with Crippen LogP contribution in [0.1, 0.15) is 43.0 Å². The molecule has 0 atom stereocenters. The van der Waals surface area contributed by atoms with E-state index < -0.39 is 11.9 Å². The quantitative estimate of drug-likeness (QED) is 0.0498. The average molecular weight is 863 g/mol. The van der Waals surface area contributed by atoms with Gasteiger partial charge in [0.1, 0.15) is 23.0 Å². The van der Waals surface area contributed by atoms with Crippen molar-refractivity contribution < 1.29 is 84.9 Å². The molecular formula is C41H44Mn2N4O10. The first-order chi connectivity index (χ1) is 26.2. The van der Waals surface area contributed by atoms with Crippen LogP contribution in [0.25, 0.3) is 0 Å². The van der Waals surface area contributed by atoms with E-state index in [1.54, 1.807) is 97.7 Å². The zero-order valence-electron chi connectivity index (χ0n) is 30.7. The Morgan fingerprint density at radius 3 is 0.789 bits per heavy atom. The van der Waals surface area contributed by atoms with Crippen LogP contribution in [0.2, 0.25) is 0 Å². The third kappa shape index (κ3) is 20.9. The summed E-state index contributed by atoms with van der Waals surface area (Å²) >= 11 is 0. The maximum Gasteiger partial charge on any atom is 0.335 e. The van der Waals surface area contributed by atoms with Gasteiger partial charge in [-0.2, -0.15) is 0 Å². The SMILES string of the molecule is CO.O.O=C(O)c1ccc(C(=O)O)cc1.Oc1ccccc1C=NCCN=Cc1ccccc1O.Oc1ccccc1C=NCCN=Cc1ccccc1O.[Mn].[Mn]. The van der Waals surface area contributed by atoms with Gasteiger partial charge in [0.25, 0.3) is 0 Å². The Bertz CT molecular complexity index is 1770. The smallest absolute Gasteiger partial charge is 0.335 e. The van der Waals surface area contributed by atoms with E-state index in [1.165, 1.54) is 24.3 Å². The summed E-state index contributed by atoms with van der Waals surface area (Å²) in [6, 6.07) is 33.1. The standard InChI is InChI=1S/2C16H16N2O2.C8H6O4.CH4O.2Mn.H2O/c2*19-15-7-3-1-5-13(15)11-17-9-10-18-12-14-6-2-4-8-16(14)20;9-7(10)5-1-2-6(4-3-5)8(11)12;1-2;;;/h2*1-8,11-12,19-20H,9-10H2;1-4H,(H,9,10)(H,11,12);2H,1H3;;;1H2. The van der Waals surface area contributed by atoms with E-state index in [-0.39, 0.29) is 73.7 Å². The van der Waals surface area contributed by atoms with Crippen LogP contribution in [0.3, 0.4) is 0 Å². The minimum absolute atomic E-state index is 0. The molecule has 0 saturated heterocycles. The first kappa shape index (κ1) is 53.0. The summed E-state index contributed by atoms with van der Waals surface area (Å²) < 4.78 is 0. The second-order valence-corrected chi connectivity index (χ2v) is 10.6. The van der Waals surface area contributed by atoms with Gasteiger partial charge < -0.3 is 41.2 Å². The normalized spacial score (nSPS) is 10.1. The third-order valence-corrected chi connectivity index (χ3v) is 6.76. The molecule has 5 rings (SSSR count). The Morgan fingerprint density at radius 2 is 0.614 bits per heavy atom. The minimum atomic E-state index is -1.06.